The summed E-state index contributed by atoms with van der Waals surface area (Å²) in [6.07, 6.45) is 8.88. The number of amides is 1. The Morgan fingerprint density at radius 3 is 2.82 bits per heavy atom. The Labute approximate surface area is 189 Å². The van der Waals surface area contributed by atoms with Gasteiger partial charge in [0.25, 0.3) is 0 Å². The molecule has 0 atom stereocenters. The molecule has 0 fully saturated rings. The molecule has 10 heteroatoms. The summed E-state index contributed by atoms with van der Waals surface area (Å²) in [5.41, 5.74) is 4.27. The van der Waals surface area contributed by atoms with Crippen LogP contribution in [0.2, 0.25) is 0 Å². The number of aryl methyl sites for hydroxylation is 1. The predicted octanol–water partition coefficient (Wildman–Crippen LogP) is 2.41. The first kappa shape index (κ1) is 20.3. The molecule has 0 bridgehead atoms. The monoisotopic (exact) mass is 437 g/mol. The second-order valence-corrected chi connectivity index (χ2v) is 7.59. The van der Waals surface area contributed by atoms with Gasteiger partial charge in [0.2, 0.25) is 11.9 Å². The van der Waals surface area contributed by atoms with E-state index in [9.17, 15) is 10.1 Å². The normalized spacial score (nSPS) is 12.3. The highest BCUT2D eigenvalue weighted by Gasteiger charge is 2.28. The van der Waals surface area contributed by atoms with E-state index in [1.807, 2.05) is 19.2 Å². The number of nitriles is 1. The SMILES string of the molecule is Cn1nccc1Nc1nccc(-c2cc(C#N)c3c(c2)CCN3C(=O)Cc2cncnc2)n1. The second-order valence-electron chi connectivity index (χ2n) is 7.59. The molecule has 1 amide bonds. The maximum atomic E-state index is 12.9. The van der Waals surface area contributed by atoms with Crippen LogP contribution in [0.25, 0.3) is 11.3 Å². The lowest BCUT2D eigenvalue weighted by atomic mass is 10.0. The summed E-state index contributed by atoms with van der Waals surface area (Å²) in [4.78, 5) is 31.4. The minimum absolute atomic E-state index is 0.0856. The van der Waals surface area contributed by atoms with Crippen LogP contribution in [0.15, 0.2) is 55.4 Å². The van der Waals surface area contributed by atoms with Gasteiger partial charge in [0.1, 0.15) is 18.2 Å². The number of aromatic nitrogens is 6. The number of carbonyl (C=O) groups is 1. The van der Waals surface area contributed by atoms with E-state index in [2.05, 4.69) is 36.4 Å². The molecule has 1 aliphatic rings. The molecular formula is C23H19N9O. The predicted molar refractivity (Wildman–Crippen MR) is 120 cm³/mol. The number of fused-ring (bicyclic) bond motifs is 1. The summed E-state index contributed by atoms with van der Waals surface area (Å²) in [7, 11) is 1.82. The average Bonchev–Trinajstić information content (AvgIpc) is 3.45. The molecule has 0 radical (unpaired) electrons. The summed E-state index contributed by atoms with van der Waals surface area (Å²) < 4.78 is 1.69. The first-order chi connectivity index (χ1) is 16.1. The molecule has 0 unspecified atom stereocenters. The summed E-state index contributed by atoms with van der Waals surface area (Å²) in [6, 6.07) is 9.64. The third-order valence-electron chi connectivity index (χ3n) is 5.47. The van der Waals surface area contributed by atoms with Crippen LogP contribution in [0.5, 0.6) is 0 Å². The van der Waals surface area contributed by atoms with Crippen molar-refractivity contribution in [2.24, 2.45) is 7.05 Å². The summed E-state index contributed by atoms with van der Waals surface area (Å²) >= 11 is 0. The van der Waals surface area contributed by atoms with Crippen LogP contribution in [-0.4, -0.2) is 42.2 Å². The van der Waals surface area contributed by atoms with Gasteiger partial charge in [0, 0.05) is 43.8 Å². The summed E-state index contributed by atoms with van der Waals surface area (Å²) in [5, 5.41) is 17.1. The number of hydrogen-bond donors (Lipinski definition) is 1. The van der Waals surface area contributed by atoms with Gasteiger partial charge in [-0.05, 0) is 35.7 Å². The molecule has 0 spiro atoms. The van der Waals surface area contributed by atoms with E-state index < -0.39 is 0 Å². The van der Waals surface area contributed by atoms with Gasteiger partial charge in [-0.2, -0.15) is 10.4 Å². The number of nitrogens with zero attached hydrogens (tertiary/aromatic N) is 8. The molecule has 1 aliphatic heterocycles. The van der Waals surface area contributed by atoms with Crippen molar-refractivity contribution in [3.8, 4) is 17.3 Å². The van der Waals surface area contributed by atoms with Gasteiger partial charge in [-0.3, -0.25) is 9.48 Å². The molecule has 4 aromatic rings. The van der Waals surface area contributed by atoms with Gasteiger partial charge in [-0.15, -0.1) is 0 Å². The lowest BCUT2D eigenvalue weighted by molar-refractivity contribution is -0.117. The molecule has 0 saturated heterocycles. The van der Waals surface area contributed by atoms with E-state index in [0.717, 1.165) is 22.5 Å². The van der Waals surface area contributed by atoms with Gasteiger partial charge < -0.3 is 10.2 Å². The zero-order chi connectivity index (χ0) is 22.8. The van der Waals surface area contributed by atoms with Crippen molar-refractivity contribution >= 4 is 23.4 Å². The molecule has 1 N–H and O–H groups in total. The van der Waals surface area contributed by atoms with Crippen LogP contribution in [-0.2, 0) is 24.7 Å². The third kappa shape index (κ3) is 3.99. The maximum Gasteiger partial charge on any atom is 0.231 e. The number of carbonyl (C=O) groups excluding carboxylic acids is 1. The van der Waals surface area contributed by atoms with E-state index in [1.165, 1.54) is 6.33 Å². The van der Waals surface area contributed by atoms with Crippen molar-refractivity contribution in [2.75, 3.05) is 16.8 Å². The highest BCUT2D eigenvalue weighted by molar-refractivity contribution is 5.98. The third-order valence-corrected chi connectivity index (χ3v) is 5.47. The molecule has 0 saturated carbocycles. The van der Waals surface area contributed by atoms with Crippen LogP contribution < -0.4 is 10.2 Å². The zero-order valence-corrected chi connectivity index (χ0v) is 17.8. The van der Waals surface area contributed by atoms with Crippen molar-refractivity contribution in [1.82, 2.24) is 29.7 Å². The first-order valence-electron chi connectivity index (χ1n) is 10.3. The Kier molecular flexibility index (Phi) is 5.20. The van der Waals surface area contributed by atoms with Gasteiger partial charge in [0.15, 0.2) is 0 Å². The Hall–Kier alpha value is -4.65. The summed E-state index contributed by atoms with van der Waals surface area (Å²) in [6.45, 7) is 0.525. The van der Waals surface area contributed by atoms with Crippen molar-refractivity contribution in [1.29, 1.82) is 5.26 Å². The smallest absolute Gasteiger partial charge is 0.231 e. The molecule has 33 heavy (non-hydrogen) atoms. The Bertz CT molecular complexity index is 1370. The molecular weight excluding hydrogens is 418 g/mol. The van der Waals surface area contributed by atoms with Crippen molar-refractivity contribution in [3.63, 3.8) is 0 Å². The van der Waals surface area contributed by atoms with Crippen LogP contribution in [0.1, 0.15) is 16.7 Å². The quantitative estimate of drug-likeness (QED) is 0.505. The van der Waals surface area contributed by atoms with Crippen molar-refractivity contribution in [2.45, 2.75) is 12.8 Å². The second kappa shape index (κ2) is 8.47. The van der Waals surface area contributed by atoms with Crippen LogP contribution in [0.3, 0.4) is 0 Å². The Morgan fingerprint density at radius 1 is 1.21 bits per heavy atom. The van der Waals surface area contributed by atoms with Gasteiger partial charge in [0.05, 0.1) is 29.6 Å². The fourth-order valence-electron chi connectivity index (χ4n) is 3.91. The number of nitrogens with one attached hydrogen (secondary N) is 1. The maximum absolute atomic E-state index is 12.9. The average molecular weight is 437 g/mol. The molecule has 3 aromatic heterocycles. The van der Waals surface area contributed by atoms with Crippen molar-refractivity contribution < 1.29 is 4.79 Å². The largest absolute Gasteiger partial charge is 0.310 e. The molecule has 162 valence electrons. The number of benzene rings is 1. The standard InChI is InChI=1S/C23H19N9O/c1-31-20(3-6-28-31)30-23-27-5-2-19(29-23)17-9-16-4-7-32(22(16)18(10-17)11-24)21(33)8-15-12-25-14-26-13-15/h2-3,5-6,9-10,12-14H,4,7-8H2,1H3,(H,27,29,30). The van der Waals surface area contributed by atoms with E-state index in [-0.39, 0.29) is 12.3 Å². The van der Waals surface area contributed by atoms with Crippen LogP contribution >= 0.6 is 0 Å². The van der Waals surface area contributed by atoms with Crippen LogP contribution in [0.4, 0.5) is 17.5 Å². The zero-order valence-electron chi connectivity index (χ0n) is 17.8. The fraction of sp³-hybridized carbons (Fsp3) is 0.174. The Morgan fingerprint density at radius 2 is 2.06 bits per heavy atom. The number of rotatable bonds is 5. The lowest BCUT2D eigenvalue weighted by Gasteiger charge is -2.19. The molecule has 1 aromatic carbocycles. The van der Waals surface area contributed by atoms with Gasteiger partial charge >= 0.3 is 0 Å². The topological polar surface area (TPSA) is 126 Å². The summed E-state index contributed by atoms with van der Waals surface area (Å²) in [5.74, 6) is 1.10. The van der Waals surface area contributed by atoms with E-state index >= 15 is 0 Å². The number of anilines is 3. The van der Waals surface area contributed by atoms with Crippen LogP contribution in [0, 0.1) is 11.3 Å². The number of hydrogen-bond acceptors (Lipinski definition) is 8. The molecule has 5 rings (SSSR count). The van der Waals surface area contributed by atoms with Crippen molar-refractivity contribution in [3.05, 3.63) is 72.1 Å². The van der Waals surface area contributed by atoms with E-state index in [4.69, 9.17) is 0 Å². The van der Waals surface area contributed by atoms with Gasteiger partial charge in [-0.1, -0.05) is 0 Å². The molecule has 4 heterocycles. The highest BCUT2D eigenvalue weighted by atomic mass is 16.2. The highest BCUT2D eigenvalue weighted by Crippen LogP contribution is 2.36. The fourth-order valence-corrected chi connectivity index (χ4v) is 3.91. The minimum Gasteiger partial charge on any atom is -0.310 e. The van der Waals surface area contributed by atoms with E-state index in [0.29, 0.717) is 35.9 Å². The molecule has 0 aliphatic carbocycles. The van der Waals surface area contributed by atoms with Gasteiger partial charge in [-0.25, -0.2) is 19.9 Å². The minimum atomic E-state index is -0.0856. The van der Waals surface area contributed by atoms with E-state index in [1.54, 1.807) is 46.5 Å². The first-order valence-corrected chi connectivity index (χ1v) is 10.3. The molecule has 10 nitrogen and oxygen atoms in total. The Balaban J connectivity index is 1.44. The lowest BCUT2D eigenvalue weighted by Crippen LogP contribution is -2.31.